The number of nitrogens with one attached hydrogen (secondary N) is 1. The van der Waals surface area contributed by atoms with Crippen LogP contribution in [0, 0.1) is 0 Å². The normalized spacial score (nSPS) is 11.6. The average Bonchev–Trinajstić information content (AvgIpc) is 2.29. The van der Waals surface area contributed by atoms with E-state index in [1.54, 1.807) is 38.1 Å². The highest BCUT2D eigenvalue weighted by molar-refractivity contribution is 6.36. The first-order valence-corrected chi connectivity index (χ1v) is 6.39. The number of halogens is 2. The maximum Gasteiger partial charge on any atom is 0.269 e. The molecular formula is C13H13Cl2N3O. The van der Waals surface area contributed by atoms with Crippen molar-refractivity contribution < 1.29 is 0 Å². The van der Waals surface area contributed by atoms with Crippen molar-refractivity contribution in [2.45, 2.75) is 19.4 Å². The first-order valence-electron chi connectivity index (χ1n) is 5.63. The Morgan fingerprint density at radius 3 is 2.53 bits per heavy atom. The van der Waals surface area contributed by atoms with E-state index in [9.17, 15) is 4.79 Å². The highest BCUT2D eigenvalue weighted by atomic mass is 35.5. The monoisotopic (exact) mass is 297 g/mol. The Hall–Kier alpha value is -1.36. The zero-order valence-corrected chi connectivity index (χ0v) is 12.0. The van der Waals surface area contributed by atoms with E-state index in [0.717, 1.165) is 0 Å². The molecule has 4 nitrogen and oxygen atoms in total. The Morgan fingerprint density at radius 2 is 1.95 bits per heavy atom. The van der Waals surface area contributed by atoms with Gasteiger partial charge in [0.1, 0.15) is 0 Å². The largest absolute Gasteiger partial charge is 0.322 e. The van der Waals surface area contributed by atoms with Gasteiger partial charge in [0.2, 0.25) is 0 Å². The molecule has 0 fully saturated rings. The molecule has 3 N–H and O–H groups in total. The van der Waals surface area contributed by atoms with E-state index in [0.29, 0.717) is 26.9 Å². The standard InChI is InChI=1S/C13H13Cl2N3O/c1-13(2,16)9-6-11(17-18-12(9)19)8-4-3-7(14)5-10(8)15/h3-6H,16H2,1-2H3,(H,18,19). The van der Waals surface area contributed by atoms with Gasteiger partial charge >= 0.3 is 0 Å². The number of hydrogen-bond acceptors (Lipinski definition) is 3. The summed E-state index contributed by atoms with van der Waals surface area (Å²) >= 11 is 12.0. The van der Waals surface area contributed by atoms with Crippen LogP contribution >= 0.6 is 23.2 Å². The van der Waals surface area contributed by atoms with Crippen LogP contribution in [-0.2, 0) is 5.54 Å². The van der Waals surface area contributed by atoms with E-state index in [2.05, 4.69) is 10.2 Å². The summed E-state index contributed by atoms with van der Waals surface area (Å²) in [6.07, 6.45) is 0. The SMILES string of the molecule is CC(C)(N)c1cc(-c2ccc(Cl)cc2Cl)n[nH]c1=O. The maximum atomic E-state index is 11.7. The van der Waals surface area contributed by atoms with E-state index in [4.69, 9.17) is 28.9 Å². The van der Waals surface area contributed by atoms with Crippen LogP contribution in [-0.4, -0.2) is 10.2 Å². The number of aromatic amines is 1. The van der Waals surface area contributed by atoms with E-state index >= 15 is 0 Å². The molecule has 0 saturated heterocycles. The van der Waals surface area contributed by atoms with Crippen LogP contribution in [0.15, 0.2) is 29.1 Å². The first-order chi connectivity index (χ1) is 8.79. The second-order valence-electron chi connectivity index (χ2n) is 4.84. The van der Waals surface area contributed by atoms with Gasteiger partial charge in [-0.1, -0.05) is 23.2 Å². The fourth-order valence-electron chi connectivity index (χ4n) is 1.72. The number of aromatic nitrogens is 2. The highest BCUT2D eigenvalue weighted by Gasteiger charge is 2.20. The lowest BCUT2D eigenvalue weighted by molar-refractivity contribution is 0.544. The smallest absolute Gasteiger partial charge is 0.269 e. The fraction of sp³-hybridized carbons (Fsp3) is 0.231. The quantitative estimate of drug-likeness (QED) is 0.895. The van der Waals surface area contributed by atoms with E-state index < -0.39 is 5.54 Å². The summed E-state index contributed by atoms with van der Waals surface area (Å²) in [4.78, 5) is 11.7. The molecule has 1 aromatic heterocycles. The lowest BCUT2D eigenvalue weighted by Crippen LogP contribution is -2.35. The molecule has 1 aromatic carbocycles. The Morgan fingerprint density at radius 1 is 1.26 bits per heavy atom. The topological polar surface area (TPSA) is 71.8 Å². The lowest BCUT2D eigenvalue weighted by Gasteiger charge is -2.18. The Bertz CT molecular complexity index is 674. The molecular weight excluding hydrogens is 285 g/mol. The van der Waals surface area contributed by atoms with Crippen LogP contribution in [0.5, 0.6) is 0 Å². The van der Waals surface area contributed by atoms with Crippen molar-refractivity contribution in [3.05, 3.63) is 50.2 Å². The van der Waals surface area contributed by atoms with Gasteiger partial charge in [-0.2, -0.15) is 5.10 Å². The molecule has 19 heavy (non-hydrogen) atoms. The van der Waals surface area contributed by atoms with Crippen LogP contribution in [0.4, 0.5) is 0 Å². The van der Waals surface area contributed by atoms with Crippen molar-refractivity contribution >= 4 is 23.2 Å². The third kappa shape index (κ3) is 2.97. The van der Waals surface area contributed by atoms with Crippen LogP contribution in [0.25, 0.3) is 11.3 Å². The number of H-pyrrole nitrogens is 1. The lowest BCUT2D eigenvalue weighted by atomic mass is 9.96. The number of benzene rings is 1. The van der Waals surface area contributed by atoms with Gasteiger partial charge in [0.15, 0.2) is 0 Å². The first kappa shape index (κ1) is 14.1. The molecule has 6 heteroatoms. The predicted octanol–water partition coefficient (Wildman–Crippen LogP) is 2.94. The predicted molar refractivity (Wildman–Crippen MR) is 77.5 cm³/mol. The summed E-state index contributed by atoms with van der Waals surface area (Å²) in [6, 6.07) is 6.73. The molecule has 1 heterocycles. The van der Waals surface area contributed by atoms with Crippen LogP contribution in [0.1, 0.15) is 19.4 Å². The minimum absolute atomic E-state index is 0.304. The van der Waals surface area contributed by atoms with Gasteiger partial charge in [0.05, 0.1) is 10.7 Å². The van der Waals surface area contributed by atoms with Crippen LogP contribution in [0.2, 0.25) is 10.0 Å². The van der Waals surface area contributed by atoms with Crippen molar-refractivity contribution in [2.75, 3.05) is 0 Å². The van der Waals surface area contributed by atoms with Crippen molar-refractivity contribution in [1.82, 2.24) is 10.2 Å². The Balaban J connectivity index is 2.61. The van der Waals surface area contributed by atoms with Gasteiger partial charge in [-0.15, -0.1) is 0 Å². The molecule has 100 valence electrons. The minimum Gasteiger partial charge on any atom is -0.322 e. The number of nitrogens with zero attached hydrogens (tertiary/aromatic N) is 1. The van der Waals surface area contributed by atoms with E-state index in [1.807, 2.05) is 0 Å². The molecule has 0 aliphatic rings. The van der Waals surface area contributed by atoms with Crippen molar-refractivity contribution in [3.8, 4) is 11.3 Å². The molecule has 0 unspecified atom stereocenters. The molecule has 0 spiro atoms. The van der Waals surface area contributed by atoms with Gasteiger partial charge in [-0.05, 0) is 38.1 Å². The minimum atomic E-state index is -0.760. The summed E-state index contributed by atoms with van der Waals surface area (Å²) in [6.45, 7) is 3.51. The van der Waals surface area contributed by atoms with Crippen molar-refractivity contribution in [2.24, 2.45) is 5.73 Å². The second-order valence-corrected chi connectivity index (χ2v) is 5.69. The summed E-state index contributed by atoms with van der Waals surface area (Å²) < 4.78 is 0. The van der Waals surface area contributed by atoms with Gasteiger partial charge in [-0.25, -0.2) is 5.10 Å². The maximum absolute atomic E-state index is 11.7. The molecule has 0 aliphatic carbocycles. The summed E-state index contributed by atoms with van der Waals surface area (Å²) in [5.41, 5.74) is 6.59. The van der Waals surface area contributed by atoms with Gasteiger partial charge in [0, 0.05) is 21.7 Å². The third-order valence-electron chi connectivity index (χ3n) is 2.70. The Labute approximate surface area is 120 Å². The molecule has 2 aromatic rings. The van der Waals surface area contributed by atoms with Crippen LogP contribution < -0.4 is 11.3 Å². The van der Waals surface area contributed by atoms with Crippen LogP contribution in [0.3, 0.4) is 0 Å². The zero-order chi connectivity index (χ0) is 14.2. The Kier molecular flexibility index (Phi) is 3.67. The van der Waals surface area contributed by atoms with Gasteiger partial charge in [0.25, 0.3) is 5.56 Å². The molecule has 2 rings (SSSR count). The fourth-order valence-corrected chi connectivity index (χ4v) is 2.22. The van der Waals surface area contributed by atoms with E-state index in [-0.39, 0.29) is 5.56 Å². The van der Waals surface area contributed by atoms with Gasteiger partial charge in [-0.3, -0.25) is 4.79 Å². The summed E-state index contributed by atoms with van der Waals surface area (Å²) in [5.74, 6) is 0. The van der Waals surface area contributed by atoms with Crippen molar-refractivity contribution in [3.63, 3.8) is 0 Å². The number of rotatable bonds is 2. The molecule has 0 bridgehead atoms. The second kappa shape index (κ2) is 4.96. The molecule has 0 aliphatic heterocycles. The molecule has 0 amide bonds. The zero-order valence-electron chi connectivity index (χ0n) is 10.5. The number of hydrogen-bond donors (Lipinski definition) is 2. The summed E-state index contributed by atoms with van der Waals surface area (Å²) in [5, 5.41) is 7.44. The molecule has 0 radical (unpaired) electrons. The molecule has 0 saturated carbocycles. The van der Waals surface area contributed by atoms with E-state index in [1.165, 1.54) is 0 Å². The molecule has 0 atom stereocenters. The highest BCUT2D eigenvalue weighted by Crippen LogP contribution is 2.29. The van der Waals surface area contributed by atoms with Crippen molar-refractivity contribution in [1.29, 1.82) is 0 Å². The third-order valence-corrected chi connectivity index (χ3v) is 3.25. The summed E-state index contributed by atoms with van der Waals surface area (Å²) in [7, 11) is 0. The van der Waals surface area contributed by atoms with Gasteiger partial charge < -0.3 is 5.73 Å². The number of nitrogens with two attached hydrogens (primary N) is 1. The average molecular weight is 298 g/mol.